The van der Waals surface area contributed by atoms with Crippen LogP contribution in [0.5, 0.6) is 0 Å². The molecule has 0 aliphatic carbocycles. The van der Waals surface area contributed by atoms with Gasteiger partial charge in [-0.25, -0.2) is 9.59 Å². The van der Waals surface area contributed by atoms with Crippen molar-refractivity contribution < 1.29 is 33.4 Å². The second-order valence-corrected chi connectivity index (χ2v) is 4.59. The Hall–Kier alpha value is -2.44. The summed E-state index contributed by atoms with van der Waals surface area (Å²) in [5, 5.41) is 0. The molecular weight excluding hydrogens is 292 g/mol. The summed E-state index contributed by atoms with van der Waals surface area (Å²) in [7, 11) is 0. The Morgan fingerprint density at radius 1 is 0.864 bits per heavy atom. The molecule has 0 aromatic heterocycles. The topological polar surface area (TPSA) is 96.0 Å². The predicted molar refractivity (Wildman–Crippen MR) is 76.5 cm³/mol. The van der Waals surface area contributed by atoms with E-state index in [0.717, 1.165) is 0 Å². The van der Waals surface area contributed by atoms with Gasteiger partial charge >= 0.3 is 17.9 Å². The van der Waals surface area contributed by atoms with E-state index >= 15 is 0 Å². The third-order valence-electron chi connectivity index (χ3n) is 2.40. The largest absolute Gasteiger partial charge is 0.462 e. The average molecular weight is 312 g/mol. The van der Waals surface area contributed by atoms with Crippen molar-refractivity contribution in [3.63, 3.8) is 0 Å². The summed E-state index contributed by atoms with van der Waals surface area (Å²) >= 11 is 0. The van der Waals surface area contributed by atoms with Crippen LogP contribution in [0.4, 0.5) is 0 Å². The number of Topliss-reactive ketones (excluding diaryl/α,β-unsaturated/α-hetero) is 1. The molecule has 122 valence electrons. The molecule has 0 atom stereocenters. The van der Waals surface area contributed by atoms with Crippen molar-refractivity contribution in [1.29, 1.82) is 0 Å². The first-order valence-corrected chi connectivity index (χ1v) is 6.52. The highest BCUT2D eigenvalue weighted by Crippen LogP contribution is 2.09. The molecule has 22 heavy (non-hydrogen) atoms. The number of hydrogen-bond acceptors (Lipinski definition) is 7. The summed E-state index contributed by atoms with van der Waals surface area (Å²) in [6.45, 7) is 8.74. The van der Waals surface area contributed by atoms with Crippen LogP contribution >= 0.6 is 0 Å². The number of rotatable bonds is 8. The van der Waals surface area contributed by atoms with Gasteiger partial charge in [0.15, 0.2) is 0 Å². The lowest BCUT2D eigenvalue weighted by atomic mass is 10.2. The van der Waals surface area contributed by atoms with Crippen molar-refractivity contribution in [2.45, 2.75) is 34.1 Å². The predicted octanol–water partition coefficient (Wildman–Crippen LogP) is 1.47. The summed E-state index contributed by atoms with van der Waals surface area (Å²) in [6.07, 6.45) is -0.317. The number of allylic oxidation sites excluding steroid dienone is 1. The van der Waals surface area contributed by atoms with Crippen molar-refractivity contribution in [3.8, 4) is 0 Å². The first-order valence-electron chi connectivity index (χ1n) is 6.52. The van der Waals surface area contributed by atoms with Crippen LogP contribution in [0.1, 0.15) is 34.1 Å². The molecule has 0 aliphatic rings. The summed E-state index contributed by atoms with van der Waals surface area (Å²) in [5.74, 6) is -2.22. The summed E-state index contributed by atoms with van der Waals surface area (Å²) in [6, 6.07) is 0. The van der Waals surface area contributed by atoms with E-state index in [-0.39, 0.29) is 42.3 Å². The van der Waals surface area contributed by atoms with Gasteiger partial charge in [0.2, 0.25) is 0 Å². The van der Waals surface area contributed by atoms with E-state index in [1.165, 1.54) is 27.7 Å². The van der Waals surface area contributed by atoms with Gasteiger partial charge in [-0.05, 0) is 27.7 Å². The molecule has 0 saturated carbocycles. The lowest BCUT2D eigenvalue weighted by Gasteiger charge is -2.09. The minimum atomic E-state index is -0.699. The maximum Gasteiger partial charge on any atom is 0.338 e. The maximum atomic E-state index is 11.7. The molecule has 0 unspecified atom stereocenters. The lowest BCUT2D eigenvalue weighted by molar-refractivity contribution is -0.151. The van der Waals surface area contributed by atoms with Crippen molar-refractivity contribution in [2.24, 2.45) is 0 Å². The molecule has 0 bridgehead atoms. The molecule has 0 aromatic rings. The first kappa shape index (κ1) is 19.6. The quantitative estimate of drug-likeness (QED) is 0.167. The maximum absolute atomic E-state index is 11.7. The SMILES string of the molecule is C=C(C)C(=O)OC(C)=C(C)C(=O)OCCOC(=O)CC(C)=O. The third kappa shape index (κ3) is 7.98. The van der Waals surface area contributed by atoms with Crippen molar-refractivity contribution >= 4 is 23.7 Å². The number of hydrogen-bond donors (Lipinski definition) is 0. The number of esters is 3. The second kappa shape index (κ2) is 9.49. The summed E-state index contributed by atoms with van der Waals surface area (Å²) in [4.78, 5) is 44.7. The molecule has 0 amide bonds. The van der Waals surface area contributed by atoms with E-state index in [1.54, 1.807) is 0 Å². The van der Waals surface area contributed by atoms with Crippen LogP contribution in [0, 0.1) is 0 Å². The monoisotopic (exact) mass is 312 g/mol. The molecule has 0 radical (unpaired) electrons. The average Bonchev–Trinajstić information content (AvgIpc) is 2.41. The molecule has 0 spiro atoms. The highest BCUT2D eigenvalue weighted by molar-refractivity contribution is 5.94. The Morgan fingerprint density at radius 3 is 1.91 bits per heavy atom. The minimum absolute atomic E-state index is 0.103. The van der Waals surface area contributed by atoms with Gasteiger partial charge in [-0.3, -0.25) is 9.59 Å². The molecule has 0 rings (SSSR count). The fourth-order valence-corrected chi connectivity index (χ4v) is 1.10. The van der Waals surface area contributed by atoms with E-state index in [1.807, 2.05) is 0 Å². The van der Waals surface area contributed by atoms with Crippen molar-refractivity contribution in [2.75, 3.05) is 13.2 Å². The zero-order chi connectivity index (χ0) is 17.3. The van der Waals surface area contributed by atoms with Crippen molar-refractivity contribution in [1.82, 2.24) is 0 Å². The van der Waals surface area contributed by atoms with Crippen LogP contribution in [-0.4, -0.2) is 36.9 Å². The smallest absolute Gasteiger partial charge is 0.338 e. The van der Waals surface area contributed by atoms with Crippen LogP contribution in [0.25, 0.3) is 0 Å². The Bertz CT molecular complexity index is 514. The van der Waals surface area contributed by atoms with Crippen molar-refractivity contribution in [3.05, 3.63) is 23.5 Å². The lowest BCUT2D eigenvalue weighted by Crippen LogP contribution is -2.17. The number of ether oxygens (including phenoxy) is 3. The molecule has 0 heterocycles. The third-order valence-corrected chi connectivity index (χ3v) is 2.40. The van der Waals surface area contributed by atoms with Gasteiger partial charge < -0.3 is 14.2 Å². The molecular formula is C15H20O7. The Labute approximate surface area is 128 Å². The van der Waals surface area contributed by atoms with E-state index in [9.17, 15) is 19.2 Å². The molecule has 0 aromatic carbocycles. The molecule has 0 aliphatic heterocycles. The standard InChI is InChI=1S/C15H20O7/c1-9(2)14(18)22-12(5)11(4)15(19)21-7-6-20-13(17)8-10(3)16/h1,6-8H2,2-5H3. The highest BCUT2D eigenvalue weighted by atomic mass is 16.6. The number of carbonyl (C=O) groups excluding carboxylic acids is 4. The Kier molecular flexibility index (Phi) is 8.44. The van der Waals surface area contributed by atoms with Gasteiger partial charge in [-0.15, -0.1) is 0 Å². The molecule has 7 nitrogen and oxygen atoms in total. The summed E-state index contributed by atoms with van der Waals surface area (Å²) < 4.78 is 14.4. The number of carbonyl (C=O) groups is 4. The zero-order valence-electron chi connectivity index (χ0n) is 13.2. The fourth-order valence-electron chi connectivity index (χ4n) is 1.10. The van der Waals surface area contributed by atoms with Gasteiger partial charge in [0, 0.05) is 5.57 Å². The van der Waals surface area contributed by atoms with Crippen LogP contribution < -0.4 is 0 Å². The van der Waals surface area contributed by atoms with Gasteiger partial charge in [-0.1, -0.05) is 6.58 Å². The van der Waals surface area contributed by atoms with Gasteiger partial charge in [0.25, 0.3) is 0 Å². The summed E-state index contributed by atoms with van der Waals surface area (Å²) in [5.41, 5.74) is 0.322. The normalized spacial score (nSPS) is 11.1. The molecule has 0 N–H and O–H groups in total. The number of ketones is 1. The molecule has 0 fully saturated rings. The van der Waals surface area contributed by atoms with E-state index < -0.39 is 17.9 Å². The van der Waals surface area contributed by atoms with Crippen LogP contribution in [0.2, 0.25) is 0 Å². The van der Waals surface area contributed by atoms with Crippen LogP contribution in [-0.2, 0) is 33.4 Å². The fraction of sp³-hybridized carbons (Fsp3) is 0.467. The van der Waals surface area contributed by atoms with E-state index in [2.05, 4.69) is 11.3 Å². The molecule has 7 heteroatoms. The van der Waals surface area contributed by atoms with Gasteiger partial charge in [-0.2, -0.15) is 0 Å². The first-order chi connectivity index (χ1) is 10.1. The van der Waals surface area contributed by atoms with E-state index in [4.69, 9.17) is 9.47 Å². The Morgan fingerprint density at radius 2 is 1.41 bits per heavy atom. The Balaban J connectivity index is 4.25. The molecule has 0 saturated heterocycles. The van der Waals surface area contributed by atoms with Crippen LogP contribution in [0.15, 0.2) is 23.5 Å². The second-order valence-electron chi connectivity index (χ2n) is 4.59. The van der Waals surface area contributed by atoms with Crippen LogP contribution in [0.3, 0.4) is 0 Å². The highest BCUT2D eigenvalue weighted by Gasteiger charge is 2.14. The van der Waals surface area contributed by atoms with Gasteiger partial charge in [0.1, 0.15) is 31.2 Å². The van der Waals surface area contributed by atoms with E-state index in [0.29, 0.717) is 0 Å². The van der Waals surface area contributed by atoms with Gasteiger partial charge in [0.05, 0.1) is 5.57 Å². The zero-order valence-corrected chi connectivity index (χ0v) is 13.2. The minimum Gasteiger partial charge on any atom is -0.462 e.